The van der Waals surface area contributed by atoms with Crippen molar-refractivity contribution >= 4 is 5.97 Å². The molecular weight excluding hydrogens is 247 g/mol. The van der Waals surface area contributed by atoms with Crippen molar-refractivity contribution in [1.82, 2.24) is 9.55 Å². The van der Waals surface area contributed by atoms with Crippen molar-refractivity contribution in [1.29, 1.82) is 0 Å². The van der Waals surface area contributed by atoms with E-state index in [0.717, 1.165) is 5.56 Å². The molecule has 0 aliphatic carbocycles. The zero-order chi connectivity index (χ0) is 13.8. The maximum Gasteiger partial charge on any atom is 0.358 e. The third kappa shape index (κ3) is 2.99. The SMILES string of the molecule is CCOC(=O)c1cn(C(C)c2ccc(F)cc2)cn1. The highest BCUT2D eigenvalue weighted by Gasteiger charge is 2.13. The van der Waals surface area contributed by atoms with Crippen LogP contribution in [0.15, 0.2) is 36.8 Å². The number of ether oxygens (including phenoxy) is 1. The smallest absolute Gasteiger partial charge is 0.358 e. The number of hydrogen-bond donors (Lipinski definition) is 0. The lowest BCUT2D eigenvalue weighted by Gasteiger charge is -2.13. The fourth-order valence-corrected chi connectivity index (χ4v) is 1.77. The highest BCUT2D eigenvalue weighted by molar-refractivity contribution is 5.86. The molecular formula is C14H15FN2O2. The van der Waals surface area contributed by atoms with E-state index in [0.29, 0.717) is 6.61 Å². The summed E-state index contributed by atoms with van der Waals surface area (Å²) in [6.07, 6.45) is 3.20. The van der Waals surface area contributed by atoms with Crippen molar-refractivity contribution in [2.75, 3.05) is 6.61 Å². The molecule has 0 amide bonds. The Bertz CT molecular complexity index is 563. The molecule has 0 saturated carbocycles. The number of hydrogen-bond acceptors (Lipinski definition) is 3. The van der Waals surface area contributed by atoms with Crippen LogP contribution in [0.1, 0.15) is 35.9 Å². The first kappa shape index (κ1) is 13.3. The molecule has 1 atom stereocenters. The zero-order valence-electron chi connectivity index (χ0n) is 10.8. The van der Waals surface area contributed by atoms with Crippen molar-refractivity contribution < 1.29 is 13.9 Å². The Kier molecular flexibility index (Phi) is 3.94. The number of imidazole rings is 1. The molecule has 2 rings (SSSR count). The molecule has 0 radical (unpaired) electrons. The van der Waals surface area contributed by atoms with E-state index in [9.17, 15) is 9.18 Å². The van der Waals surface area contributed by atoms with Gasteiger partial charge in [-0.1, -0.05) is 12.1 Å². The molecule has 4 nitrogen and oxygen atoms in total. The van der Waals surface area contributed by atoms with Crippen LogP contribution in [0.3, 0.4) is 0 Å². The molecule has 0 spiro atoms. The van der Waals surface area contributed by atoms with E-state index in [1.807, 2.05) is 6.92 Å². The van der Waals surface area contributed by atoms with Crippen LogP contribution in [0, 0.1) is 5.82 Å². The minimum atomic E-state index is -0.437. The van der Waals surface area contributed by atoms with E-state index < -0.39 is 5.97 Å². The maximum atomic E-state index is 12.9. The summed E-state index contributed by atoms with van der Waals surface area (Å²) < 4.78 is 19.5. The number of benzene rings is 1. The summed E-state index contributed by atoms with van der Waals surface area (Å²) >= 11 is 0. The largest absolute Gasteiger partial charge is 0.461 e. The molecule has 5 heteroatoms. The lowest BCUT2D eigenvalue weighted by molar-refractivity contribution is 0.0520. The van der Waals surface area contributed by atoms with Gasteiger partial charge in [0.1, 0.15) is 5.82 Å². The average Bonchev–Trinajstić information content (AvgIpc) is 2.89. The van der Waals surface area contributed by atoms with Crippen molar-refractivity contribution in [2.24, 2.45) is 0 Å². The van der Waals surface area contributed by atoms with Crippen LogP contribution in [-0.2, 0) is 4.74 Å². The maximum absolute atomic E-state index is 12.9. The lowest BCUT2D eigenvalue weighted by Crippen LogP contribution is -2.06. The van der Waals surface area contributed by atoms with E-state index in [4.69, 9.17) is 4.74 Å². The molecule has 1 aromatic heterocycles. The number of nitrogens with zero attached hydrogens (tertiary/aromatic N) is 2. The number of rotatable bonds is 4. The van der Waals surface area contributed by atoms with Gasteiger partial charge in [0.15, 0.2) is 5.69 Å². The Morgan fingerprint density at radius 1 is 1.42 bits per heavy atom. The Morgan fingerprint density at radius 2 is 2.11 bits per heavy atom. The van der Waals surface area contributed by atoms with Gasteiger partial charge in [-0.25, -0.2) is 14.2 Å². The Labute approximate surface area is 110 Å². The van der Waals surface area contributed by atoms with Crippen LogP contribution in [0.2, 0.25) is 0 Å². The summed E-state index contributed by atoms with van der Waals surface area (Å²) in [6.45, 7) is 4.01. The van der Waals surface area contributed by atoms with Crippen molar-refractivity contribution in [3.63, 3.8) is 0 Å². The van der Waals surface area contributed by atoms with Crippen LogP contribution in [-0.4, -0.2) is 22.1 Å². The van der Waals surface area contributed by atoms with Gasteiger partial charge in [0, 0.05) is 6.20 Å². The summed E-state index contributed by atoms with van der Waals surface area (Å²) in [6, 6.07) is 6.22. The number of esters is 1. The minimum Gasteiger partial charge on any atom is -0.461 e. The summed E-state index contributed by atoms with van der Waals surface area (Å²) in [5.41, 5.74) is 1.21. The molecule has 0 N–H and O–H groups in total. The van der Waals surface area contributed by atoms with E-state index in [-0.39, 0.29) is 17.6 Å². The number of halogens is 1. The monoisotopic (exact) mass is 262 g/mol. The predicted molar refractivity (Wildman–Crippen MR) is 68.4 cm³/mol. The molecule has 2 aromatic rings. The molecule has 1 aromatic carbocycles. The van der Waals surface area contributed by atoms with Crippen LogP contribution in [0.5, 0.6) is 0 Å². The van der Waals surface area contributed by atoms with Crippen molar-refractivity contribution in [3.8, 4) is 0 Å². The Morgan fingerprint density at radius 3 is 2.74 bits per heavy atom. The fraction of sp³-hybridized carbons (Fsp3) is 0.286. The highest BCUT2D eigenvalue weighted by atomic mass is 19.1. The number of aromatic nitrogens is 2. The first-order valence-corrected chi connectivity index (χ1v) is 6.08. The normalized spacial score (nSPS) is 12.2. The Balaban J connectivity index is 2.18. The van der Waals surface area contributed by atoms with Gasteiger partial charge in [-0.05, 0) is 31.5 Å². The predicted octanol–water partition coefficient (Wildman–Crippen LogP) is 2.81. The van der Waals surface area contributed by atoms with Gasteiger partial charge in [0.05, 0.1) is 19.0 Å². The minimum absolute atomic E-state index is 0.0312. The second-order valence-electron chi connectivity index (χ2n) is 4.15. The van der Waals surface area contributed by atoms with Gasteiger partial charge in [-0.15, -0.1) is 0 Å². The van der Waals surface area contributed by atoms with Gasteiger partial charge in [0.2, 0.25) is 0 Å². The zero-order valence-corrected chi connectivity index (χ0v) is 10.8. The summed E-state index contributed by atoms with van der Waals surface area (Å²) in [7, 11) is 0. The standard InChI is InChI=1S/C14H15FN2O2/c1-3-19-14(18)13-8-17(9-16-13)10(2)11-4-6-12(15)7-5-11/h4-10H,3H2,1-2H3. The molecule has 0 fully saturated rings. The van der Waals surface area contributed by atoms with Gasteiger partial charge in [-0.2, -0.15) is 0 Å². The van der Waals surface area contributed by atoms with E-state index in [2.05, 4.69) is 4.98 Å². The van der Waals surface area contributed by atoms with Crippen LogP contribution >= 0.6 is 0 Å². The first-order chi connectivity index (χ1) is 9.11. The molecule has 1 unspecified atom stereocenters. The van der Waals surface area contributed by atoms with E-state index in [1.54, 1.807) is 36.1 Å². The van der Waals surface area contributed by atoms with Gasteiger partial charge >= 0.3 is 5.97 Å². The van der Waals surface area contributed by atoms with E-state index >= 15 is 0 Å². The second-order valence-corrected chi connectivity index (χ2v) is 4.15. The highest BCUT2D eigenvalue weighted by Crippen LogP contribution is 2.18. The van der Waals surface area contributed by atoms with Gasteiger partial charge < -0.3 is 9.30 Å². The van der Waals surface area contributed by atoms with Gasteiger partial charge in [0.25, 0.3) is 0 Å². The van der Waals surface area contributed by atoms with E-state index in [1.165, 1.54) is 12.1 Å². The third-order valence-electron chi connectivity index (χ3n) is 2.89. The molecule has 19 heavy (non-hydrogen) atoms. The van der Waals surface area contributed by atoms with Gasteiger partial charge in [-0.3, -0.25) is 0 Å². The number of carbonyl (C=O) groups is 1. The fourth-order valence-electron chi connectivity index (χ4n) is 1.77. The second kappa shape index (κ2) is 5.65. The summed E-state index contributed by atoms with van der Waals surface area (Å²) in [4.78, 5) is 15.5. The quantitative estimate of drug-likeness (QED) is 0.796. The molecule has 100 valence electrons. The van der Waals surface area contributed by atoms with Crippen LogP contribution in [0.25, 0.3) is 0 Å². The Hall–Kier alpha value is -2.17. The lowest BCUT2D eigenvalue weighted by atomic mass is 10.1. The van der Waals surface area contributed by atoms with Crippen molar-refractivity contribution in [3.05, 3.63) is 53.9 Å². The van der Waals surface area contributed by atoms with Crippen LogP contribution < -0.4 is 0 Å². The summed E-state index contributed by atoms with van der Waals surface area (Å²) in [5.74, 6) is -0.707. The van der Waals surface area contributed by atoms with Crippen molar-refractivity contribution in [2.45, 2.75) is 19.9 Å². The third-order valence-corrected chi connectivity index (χ3v) is 2.89. The summed E-state index contributed by atoms with van der Waals surface area (Å²) in [5, 5.41) is 0. The average molecular weight is 262 g/mol. The molecule has 0 bridgehead atoms. The first-order valence-electron chi connectivity index (χ1n) is 6.08. The molecule has 0 saturated heterocycles. The molecule has 0 aliphatic rings. The topological polar surface area (TPSA) is 44.1 Å². The number of carbonyl (C=O) groups excluding carboxylic acids is 1. The molecule has 1 heterocycles. The molecule has 0 aliphatic heterocycles. The van der Waals surface area contributed by atoms with Crippen LogP contribution in [0.4, 0.5) is 4.39 Å².